The SMILES string of the molecule is CC(C)C(N)c1nc(C2CCCc3ccccc32)no1. The molecule has 0 saturated heterocycles. The molecule has 2 N–H and O–H groups in total. The predicted molar refractivity (Wildman–Crippen MR) is 77.3 cm³/mol. The minimum Gasteiger partial charge on any atom is -0.338 e. The molecular weight excluding hydrogens is 250 g/mol. The largest absolute Gasteiger partial charge is 0.338 e. The van der Waals surface area contributed by atoms with Crippen LogP contribution in [0.25, 0.3) is 0 Å². The standard InChI is InChI=1S/C16H21N3O/c1-10(2)14(17)16-18-15(19-20-16)13-9-5-7-11-6-3-4-8-12(11)13/h3-4,6,8,10,13-14H,5,7,9,17H2,1-2H3. The van der Waals surface area contributed by atoms with Crippen LogP contribution in [-0.4, -0.2) is 10.1 Å². The highest BCUT2D eigenvalue weighted by Gasteiger charge is 2.27. The van der Waals surface area contributed by atoms with Crippen LogP contribution in [0.5, 0.6) is 0 Å². The van der Waals surface area contributed by atoms with Gasteiger partial charge in [-0.2, -0.15) is 4.98 Å². The number of benzene rings is 1. The van der Waals surface area contributed by atoms with E-state index in [0.29, 0.717) is 11.8 Å². The number of aromatic nitrogens is 2. The first-order chi connectivity index (χ1) is 9.66. The molecule has 1 aromatic carbocycles. The maximum atomic E-state index is 6.08. The minimum absolute atomic E-state index is 0.185. The van der Waals surface area contributed by atoms with Gasteiger partial charge in [0.1, 0.15) is 0 Å². The highest BCUT2D eigenvalue weighted by molar-refractivity contribution is 5.36. The van der Waals surface area contributed by atoms with Crippen molar-refractivity contribution in [1.29, 1.82) is 0 Å². The van der Waals surface area contributed by atoms with E-state index in [9.17, 15) is 0 Å². The van der Waals surface area contributed by atoms with Gasteiger partial charge in [-0.15, -0.1) is 0 Å². The van der Waals surface area contributed by atoms with Crippen LogP contribution >= 0.6 is 0 Å². The number of hydrogen-bond donors (Lipinski definition) is 1. The Morgan fingerprint density at radius 2 is 2.10 bits per heavy atom. The molecule has 1 aliphatic carbocycles. The fraction of sp³-hybridized carbons (Fsp3) is 0.500. The van der Waals surface area contributed by atoms with Gasteiger partial charge in [-0.25, -0.2) is 0 Å². The van der Waals surface area contributed by atoms with E-state index >= 15 is 0 Å². The summed E-state index contributed by atoms with van der Waals surface area (Å²) in [5.74, 6) is 1.88. The van der Waals surface area contributed by atoms with Crippen LogP contribution in [0, 0.1) is 5.92 Å². The van der Waals surface area contributed by atoms with Crippen molar-refractivity contribution in [1.82, 2.24) is 10.1 Å². The summed E-state index contributed by atoms with van der Waals surface area (Å²) < 4.78 is 5.37. The molecule has 0 fully saturated rings. The van der Waals surface area contributed by atoms with Gasteiger partial charge >= 0.3 is 0 Å². The molecule has 2 unspecified atom stereocenters. The van der Waals surface area contributed by atoms with Crippen molar-refractivity contribution in [3.05, 3.63) is 47.1 Å². The lowest BCUT2D eigenvalue weighted by Gasteiger charge is -2.22. The van der Waals surface area contributed by atoms with E-state index in [4.69, 9.17) is 10.3 Å². The molecule has 106 valence electrons. The molecule has 1 aliphatic rings. The lowest BCUT2D eigenvalue weighted by atomic mass is 9.82. The monoisotopic (exact) mass is 271 g/mol. The summed E-state index contributed by atoms with van der Waals surface area (Å²) in [5, 5.41) is 4.18. The first kappa shape index (κ1) is 13.3. The van der Waals surface area contributed by atoms with Gasteiger partial charge < -0.3 is 10.3 Å². The number of rotatable bonds is 3. The molecule has 3 rings (SSSR count). The third-order valence-corrected chi connectivity index (χ3v) is 4.14. The molecule has 0 spiro atoms. The minimum atomic E-state index is -0.185. The summed E-state index contributed by atoms with van der Waals surface area (Å²) in [6.07, 6.45) is 3.39. The van der Waals surface area contributed by atoms with Crippen LogP contribution in [0.2, 0.25) is 0 Å². The number of fused-ring (bicyclic) bond motifs is 1. The van der Waals surface area contributed by atoms with Gasteiger partial charge in [-0.05, 0) is 36.3 Å². The number of aryl methyl sites for hydroxylation is 1. The highest BCUT2D eigenvalue weighted by Crippen LogP contribution is 2.35. The summed E-state index contributed by atoms with van der Waals surface area (Å²) >= 11 is 0. The molecule has 4 nitrogen and oxygen atoms in total. The Hall–Kier alpha value is -1.68. The first-order valence-corrected chi connectivity index (χ1v) is 7.33. The second-order valence-electron chi connectivity index (χ2n) is 5.90. The van der Waals surface area contributed by atoms with Crippen molar-refractivity contribution in [3.63, 3.8) is 0 Å². The molecular formula is C16H21N3O. The van der Waals surface area contributed by atoms with Crippen LogP contribution in [0.4, 0.5) is 0 Å². The topological polar surface area (TPSA) is 64.9 Å². The Morgan fingerprint density at radius 1 is 1.30 bits per heavy atom. The molecule has 0 bridgehead atoms. The van der Waals surface area contributed by atoms with Gasteiger partial charge in [0.15, 0.2) is 5.82 Å². The van der Waals surface area contributed by atoms with Gasteiger partial charge in [-0.3, -0.25) is 0 Å². The number of nitrogens with zero attached hydrogens (tertiary/aromatic N) is 2. The van der Waals surface area contributed by atoms with Crippen molar-refractivity contribution in [2.75, 3.05) is 0 Å². The summed E-state index contributed by atoms with van der Waals surface area (Å²) in [4.78, 5) is 4.55. The Bertz CT molecular complexity index is 591. The predicted octanol–water partition coefficient (Wildman–Crippen LogP) is 3.19. The lowest BCUT2D eigenvalue weighted by molar-refractivity contribution is 0.321. The van der Waals surface area contributed by atoms with E-state index in [0.717, 1.165) is 18.7 Å². The zero-order valence-corrected chi connectivity index (χ0v) is 12.0. The van der Waals surface area contributed by atoms with E-state index < -0.39 is 0 Å². The van der Waals surface area contributed by atoms with E-state index in [1.165, 1.54) is 17.5 Å². The Morgan fingerprint density at radius 3 is 2.90 bits per heavy atom. The zero-order valence-electron chi connectivity index (χ0n) is 12.0. The quantitative estimate of drug-likeness (QED) is 0.931. The van der Waals surface area contributed by atoms with Gasteiger partial charge in [0.25, 0.3) is 0 Å². The zero-order chi connectivity index (χ0) is 14.1. The van der Waals surface area contributed by atoms with Crippen LogP contribution in [0.1, 0.15) is 61.5 Å². The van der Waals surface area contributed by atoms with Gasteiger partial charge in [0.05, 0.1) is 6.04 Å². The Balaban J connectivity index is 1.91. The van der Waals surface area contributed by atoms with E-state index in [2.05, 4.69) is 48.3 Å². The van der Waals surface area contributed by atoms with Gasteiger partial charge in [-0.1, -0.05) is 43.3 Å². The number of nitrogens with two attached hydrogens (primary N) is 1. The summed E-state index contributed by atoms with van der Waals surface area (Å²) in [6.45, 7) is 4.12. The summed E-state index contributed by atoms with van der Waals surface area (Å²) in [6, 6.07) is 8.37. The second kappa shape index (κ2) is 5.37. The average molecular weight is 271 g/mol. The maximum absolute atomic E-state index is 6.08. The van der Waals surface area contributed by atoms with Crippen molar-refractivity contribution in [3.8, 4) is 0 Å². The molecule has 1 aromatic heterocycles. The fourth-order valence-electron chi connectivity index (χ4n) is 2.83. The average Bonchev–Trinajstić information content (AvgIpc) is 2.95. The molecule has 20 heavy (non-hydrogen) atoms. The Kier molecular flexibility index (Phi) is 3.57. The molecule has 0 aliphatic heterocycles. The van der Waals surface area contributed by atoms with Gasteiger partial charge in [0, 0.05) is 5.92 Å². The van der Waals surface area contributed by atoms with Crippen LogP contribution in [0.15, 0.2) is 28.8 Å². The van der Waals surface area contributed by atoms with Crippen LogP contribution < -0.4 is 5.73 Å². The second-order valence-corrected chi connectivity index (χ2v) is 5.90. The highest BCUT2D eigenvalue weighted by atomic mass is 16.5. The molecule has 1 heterocycles. The van der Waals surface area contributed by atoms with Gasteiger partial charge in [0.2, 0.25) is 5.89 Å². The summed E-state index contributed by atoms with van der Waals surface area (Å²) in [7, 11) is 0. The molecule has 0 saturated carbocycles. The van der Waals surface area contributed by atoms with Crippen molar-refractivity contribution in [2.45, 2.75) is 45.1 Å². The van der Waals surface area contributed by atoms with E-state index in [1.54, 1.807) is 0 Å². The lowest BCUT2D eigenvalue weighted by Crippen LogP contribution is -2.17. The smallest absolute Gasteiger partial charge is 0.243 e. The fourth-order valence-corrected chi connectivity index (χ4v) is 2.83. The van der Waals surface area contributed by atoms with Crippen LogP contribution in [-0.2, 0) is 6.42 Å². The molecule has 4 heteroatoms. The van der Waals surface area contributed by atoms with Crippen molar-refractivity contribution in [2.24, 2.45) is 11.7 Å². The molecule has 2 atom stereocenters. The van der Waals surface area contributed by atoms with Crippen molar-refractivity contribution >= 4 is 0 Å². The molecule has 2 aromatic rings. The first-order valence-electron chi connectivity index (χ1n) is 7.33. The molecule has 0 radical (unpaired) electrons. The third kappa shape index (κ3) is 2.36. The third-order valence-electron chi connectivity index (χ3n) is 4.14. The Labute approximate surface area is 119 Å². The maximum Gasteiger partial charge on any atom is 0.243 e. The normalized spacial score (nSPS) is 19.9. The van der Waals surface area contributed by atoms with Crippen LogP contribution in [0.3, 0.4) is 0 Å². The molecule has 0 amide bonds. The van der Waals surface area contributed by atoms with E-state index in [1.807, 2.05) is 0 Å². The van der Waals surface area contributed by atoms with Crippen molar-refractivity contribution < 1.29 is 4.52 Å². The number of hydrogen-bond acceptors (Lipinski definition) is 4. The van der Waals surface area contributed by atoms with E-state index in [-0.39, 0.29) is 12.0 Å². The summed E-state index contributed by atoms with van der Waals surface area (Å²) in [5.41, 5.74) is 8.82.